The summed E-state index contributed by atoms with van der Waals surface area (Å²) < 4.78 is 41.2. The molecular formula is C21H22F3N3O2. The lowest BCUT2D eigenvalue weighted by molar-refractivity contribution is -0.137. The highest BCUT2D eigenvalue weighted by Crippen LogP contribution is 2.34. The molecule has 0 radical (unpaired) electrons. The van der Waals surface area contributed by atoms with Gasteiger partial charge in [0.15, 0.2) is 0 Å². The third kappa shape index (κ3) is 3.98. The molecule has 0 bridgehead atoms. The van der Waals surface area contributed by atoms with E-state index < -0.39 is 17.4 Å². The van der Waals surface area contributed by atoms with Crippen LogP contribution in [0.3, 0.4) is 0 Å². The molecule has 5 nitrogen and oxygen atoms in total. The van der Waals surface area contributed by atoms with E-state index in [2.05, 4.69) is 4.98 Å². The summed E-state index contributed by atoms with van der Waals surface area (Å²) in [5.41, 5.74) is 0.190. The Morgan fingerprint density at radius 2 is 1.69 bits per heavy atom. The van der Waals surface area contributed by atoms with E-state index in [0.717, 1.165) is 50.7 Å². The van der Waals surface area contributed by atoms with Gasteiger partial charge in [0.1, 0.15) is 5.82 Å². The fraction of sp³-hybridized carbons (Fsp3) is 0.333. The minimum atomic E-state index is -4.49. The van der Waals surface area contributed by atoms with Gasteiger partial charge in [0, 0.05) is 25.6 Å². The molecule has 0 aliphatic carbocycles. The molecule has 1 aliphatic heterocycles. The maximum Gasteiger partial charge on any atom is 0.416 e. The van der Waals surface area contributed by atoms with Gasteiger partial charge in [-0.2, -0.15) is 18.2 Å². The zero-order valence-electron chi connectivity index (χ0n) is 16.2. The third-order valence-corrected chi connectivity index (χ3v) is 4.96. The summed E-state index contributed by atoms with van der Waals surface area (Å²) in [7, 11) is 1.00. The Bertz CT molecular complexity index is 1070. The van der Waals surface area contributed by atoms with Crippen LogP contribution in [0.2, 0.25) is 0 Å². The number of rotatable bonds is 2. The lowest BCUT2D eigenvalue weighted by Gasteiger charge is -2.21. The van der Waals surface area contributed by atoms with Crippen LogP contribution in [0.15, 0.2) is 47.3 Å². The highest BCUT2D eigenvalue weighted by molar-refractivity contribution is 5.91. The van der Waals surface area contributed by atoms with Crippen LogP contribution in [0.4, 0.5) is 19.0 Å². The lowest BCUT2D eigenvalue weighted by Crippen LogP contribution is -2.28. The van der Waals surface area contributed by atoms with E-state index in [0.29, 0.717) is 16.9 Å². The maximum absolute atomic E-state index is 13.3. The van der Waals surface area contributed by atoms with Gasteiger partial charge in [0.05, 0.1) is 16.8 Å². The summed E-state index contributed by atoms with van der Waals surface area (Å²) in [6.07, 6.45) is -2.53. The highest BCUT2D eigenvalue weighted by atomic mass is 19.4. The first-order valence-electron chi connectivity index (χ1n) is 9.26. The normalized spacial score (nSPS) is 14.1. The van der Waals surface area contributed by atoms with Crippen molar-refractivity contribution in [1.82, 2.24) is 9.55 Å². The molecule has 1 aromatic heterocycles. The summed E-state index contributed by atoms with van der Waals surface area (Å²) in [5, 5.41) is 7.55. The summed E-state index contributed by atoms with van der Waals surface area (Å²) in [6, 6.07) is 10.6. The Morgan fingerprint density at radius 3 is 2.31 bits per heavy atom. The minimum Gasteiger partial charge on any atom is -0.400 e. The summed E-state index contributed by atoms with van der Waals surface area (Å²) in [6.45, 7) is 3.31. The molecule has 2 heterocycles. The Hall–Kier alpha value is -2.87. The Labute approximate surface area is 166 Å². The van der Waals surface area contributed by atoms with Crippen molar-refractivity contribution in [2.75, 3.05) is 25.1 Å². The van der Waals surface area contributed by atoms with Crippen LogP contribution >= 0.6 is 0 Å². The van der Waals surface area contributed by atoms with Crippen molar-refractivity contribution in [3.63, 3.8) is 0 Å². The number of fused-ring (bicyclic) bond motifs is 1. The molecule has 3 aromatic rings. The van der Waals surface area contributed by atoms with E-state index in [-0.39, 0.29) is 5.52 Å². The van der Waals surface area contributed by atoms with Gasteiger partial charge in [-0.15, -0.1) is 0 Å². The van der Waals surface area contributed by atoms with E-state index >= 15 is 0 Å². The SMILES string of the molecule is CO.Cc1ccccc1-n1c(=O)nc(N2CCCC2)c2ccc(C(F)(F)F)cc21. The van der Waals surface area contributed by atoms with Gasteiger partial charge in [0.25, 0.3) is 0 Å². The molecule has 1 aliphatic rings. The number of anilines is 1. The van der Waals surface area contributed by atoms with Gasteiger partial charge in [-0.3, -0.25) is 4.57 Å². The molecule has 0 spiro atoms. The van der Waals surface area contributed by atoms with Crippen molar-refractivity contribution >= 4 is 16.7 Å². The smallest absolute Gasteiger partial charge is 0.400 e. The van der Waals surface area contributed by atoms with Crippen molar-refractivity contribution < 1.29 is 18.3 Å². The number of alkyl halides is 3. The molecular weight excluding hydrogens is 383 g/mol. The van der Waals surface area contributed by atoms with E-state index in [9.17, 15) is 18.0 Å². The Kier molecular flexibility index (Phi) is 5.93. The molecule has 0 saturated carbocycles. The zero-order valence-corrected chi connectivity index (χ0v) is 16.2. The van der Waals surface area contributed by atoms with Gasteiger partial charge in [0.2, 0.25) is 0 Å². The average Bonchev–Trinajstić information content (AvgIpc) is 3.23. The second-order valence-electron chi connectivity index (χ2n) is 6.76. The first-order chi connectivity index (χ1) is 13.9. The quantitative estimate of drug-likeness (QED) is 0.702. The molecule has 0 amide bonds. The molecule has 154 valence electrons. The minimum absolute atomic E-state index is 0.223. The highest BCUT2D eigenvalue weighted by Gasteiger charge is 2.31. The number of nitrogens with zero attached hydrogens (tertiary/aromatic N) is 3. The molecule has 1 fully saturated rings. The van der Waals surface area contributed by atoms with Gasteiger partial charge in [-0.1, -0.05) is 18.2 Å². The number of halogens is 3. The number of benzene rings is 2. The number of aliphatic hydroxyl groups is 1. The molecule has 0 unspecified atom stereocenters. The number of aromatic nitrogens is 2. The number of para-hydroxylation sites is 1. The fourth-order valence-corrected chi connectivity index (χ4v) is 3.60. The topological polar surface area (TPSA) is 58.4 Å². The van der Waals surface area contributed by atoms with Crippen molar-refractivity contribution in [1.29, 1.82) is 0 Å². The van der Waals surface area contributed by atoms with E-state index in [1.807, 2.05) is 24.0 Å². The molecule has 29 heavy (non-hydrogen) atoms. The summed E-state index contributed by atoms with van der Waals surface area (Å²) in [5.74, 6) is 0.464. The third-order valence-electron chi connectivity index (χ3n) is 4.96. The van der Waals surface area contributed by atoms with Gasteiger partial charge >= 0.3 is 11.9 Å². The van der Waals surface area contributed by atoms with Gasteiger partial charge in [-0.25, -0.2) is 4.79 Å². The Morgan fingerprint density at radius 1 is 1.03 bits per heavy atom. The van der Waals surface area contributed by atoms with Crippen LogP contribution in [0.5, 0.6) is 0 Å². The van der Waals surface area contributed by atoms with Crippen LogP contribution in [0.1, 0.15) is 24.0 Å². The van der Waals surface area contributed by atoms with Crippen molar-refractivity contribution in [3.8, 4) is 5.69 Å². The molecule has 1 N–H and O–H groups in total. The number of aryl methyl sites for hydroxylation is 1. The first-order valence-corrected chi connectivity index (χ1v) is 9.26. The predicted molar refractivity (Wildman–Crippen MR) is 107 cm³/mol. The molecule has 8 heteroatoms. The van der Waals surface area contributed by atoms with E-state index in [1.165, 1.54) is 10.6 Å². The summed E-state index contributed by atoms with van der Waals surface area (Å²) in [4.78, 5) is 19.1. The lowest BCUT2D eigenvalue weighted by atomic mass is 10.1. The van der Waals surface area contributed by atoms with E-state index in [1.54, 1.807) is 12.1 Å². The van der Waals surface area contributed by atoms with Crippen LogP contribution in [-0.2, 0) is 6.18 Å². The van der Waals surface area contributed by atoms with Gasteiger partial charge in [-0.05, 0) is 49.6 Å². The van der Waals surface area contributed by atoms with Crippen molar-refractivity contribution in [3.05, 3.63) is 64.1 Å². The molecule has 1 saturated heterocycles. The van der Waals surface area contributed by atoms with Crippen LogP contribution in [0.25, 0.3) is 16.6 Å². The molecule has 4 rings (SSSR count). The molecule has 0 atom stereocenters. The van der Waals surface area contributed by atoms with Crippen LogP contribution in [0, 0.1) is 6.92 Å². The van der Waals surface area contributed by atoms with Crippen molar-refractivity contribution in [2.24, 2.45) is 0 Å². The number of hydrogen-bond acceptors (Lipinski definition) is 4. The monoisotopic (exact) mass is 405 g/mol. The predicted octanol–water partition coefficient (Wildman–Crippen LogP) is 3.92. The molecule has 2 aromatic carbocycles. The van der Waals surface area contributed by atoms with Crippen molar-refractivity contribution in [2.45, 2.75) is 25.9 Å². The van der Waals surface area contributed by atoms with Crippen LogP contribution in [-0.4, -0.2) is 34.9 Å². The maximum atomic E-state index is 13.3. The van der Waals surface area contributed by atoms with E-state index in [4.69, 9.17) is 5.11 Å². The average molecular weight is 405 g/mol. The second kappa shape index (κ2) is 8.24. The number of aliphatic hydroxyl groups excluding tert-OH is 1. The number of hydrogen-bond donors (Lipinski definition) is 1. The Balaban J connectivity index is 0.00000117. The largest absolute Gasteiger partial charge is 0.416 e. The summed E-state index contributed by atoms with van der Waals surface area (Å²) >= 11 is 0. The standard InChI is InChI=1S/C20H18F3N3O.CH4O/c1-13-6-2-3-7-16(13)26-17-12-14(20(21,22)23)8-9-15(17)18(24-19(26)27)25-10-4-5-11-25;1-2/h2-3,6-9,12H,4-5,10-11H2,1H3;2H,1H3. The fourth-order valence-electron chi connectivity index (χ4n) is 3.60. The van der Waals surface area contributed by atoms with Gasteiger partial charge < -0.3 is 10.0 Å². The zero-order chi connectivity index (χ0) is 21.2. The second-order valence-corrected chi connectivity index (χ2v) is 6.76. The first kappa shape index (κ1) is 20.9. The van der Waals surface area contributed by atoms with Crippen LogP contribution < -0.4 is 10.6 Å².